The minimum atomic E-state index is -0.519. The van der Waals surface area contributed by atoms with E-state index in [1.165, 1.54) is 0 Å². The van der Waals surface area contributed by atoms with E-state index in [1.54, 1.807) is 24.9 Å². The van der Waals surface area contributed by atoms with Gasteiger partial charge in [-0.25, -0.2) is 4.98 Å². The number of hydrogen-bond donors (Lipinski definition) is 2. The predicted molar refractivity (Wildman–Crippen MR) is 52.6 cm³/mol. The molecule has 0 spiro atoms. The molecule has 1 heterocycles. The molecule has 1 aromatic rings. The first kappa shape index (κ1) is 11.5. The molecule has 13 heavy (non-hydrogen) atoms. The smallest absolute Gasteiger partial charge is 0.284 e. The molecular formula is C8H16N4O. The zero-order valence-electron chi connectivity index (χ0n) is 8.46. The number of amides is 1. The van der Waals surface area contributed by atoms with Gasteiger partial charge in [0.25, 0.3) is 5.91 Å². The number of carbonyl (C=O) groups excluding carboxylic acids is 1. The molecular weight excluding hydrogens is 168 g/mol. The number of aromatic nitrogens is 2. The minimum Gasteiger partial charge on any atom is -0.372 e. The highest BCUT2D eigenvalue weighted by molar-refractivity contribution is 5.89. The highest BCUT2D eigenvalue weighted by Gasteiger charge is 2.08. The SMILES string of the molecule is CC.CNc1cn(C)c(C(N)=O)n1. The second-order valence-corrected chi connectivity index (χ2v) is 2.17. The monoisotopic (exact) mass is 184 g/mol. The van der Waals surface area contributed by atoms with Gasteiger partial charge in [-0.3, -0.25) is 4.79 Å². The van der Waals surface area contributed by atoms with E-state index >= 15 is 0 Å². The van der Waals surface area contributed by atoms with E-state index in [0.29, 0.717) is 5.82 Å². The molecule has 0 unspecified atom stereocenters. The zero-order chi connectivity index (χ0) is 10.4. The van der Waals surface area contributed by atoms with Crippen LogP contribution in [0.5, 0.6) is 0 Å². The lowest BCUT2D eigenvalue weighted by molar-refractivity contribution is 0.0987. The van der Waals surface area contributed by atoms with Crippen LogP contribution in [0.1, 0.15) is 24.5 Å². The van der Waals surface area contributed by atoms with E-state index in [2.05, 4.69) is 10.3 Å². The van der Waals surface area contributed by atoms with Gasteiger partial charge in [0.05, 0.1) is 0 Å². The summed E-state index contributed by atoms with van der Waals surface area (Å²) in [7, 11) is 3.45. The van der Waals surface area contributed by atoms with E-state index in [0.717, 1.165) is 0 Å². The summed E-state index contributed by atoms with van der Waals surface area (Å²) in [4.78, 5) is 14.6. The molecule has 74 valence electrons. The third kappa shape index (κ3) is 2.77. The van der Waals surface area contributed by atoms with Crippen LogP contribution in [-0.4, -0.2) is 22.5 Å². The van der Waals surface area contributed by atoms with Crippen LogP contribution in [0.15, 0.2) is 6.20 Å². The van der Waals surface area contributed by atoms with Gasteiger partial charge < -0.3 is 15.6 Å². The van der Waals surface area contributed by atoms with Gasteiger partial charge in [-0.2, -0.15) is 0 Å². The largest absolute Gasteiger partial charge is 0.372 e. The zero-order valence-corrected chi connectivity index (χ0v) is 8.46. The number of primary amides is 1. The Morgan fingerprint density at radius 2 is 2.15 bits per heavy atom. The lowest BCUT2D eigenvalue weighted by Gasteiger charge is -1.91. The average molecular weight is 184 g/mol. The normalized spacial score (nSPS) is 8.62. The number of hydrogen-bond acceptors (Lipinski definition) is 3. The molecule has 1 rings (SSSR count). The van der Waals surface area contributed by atoms with Gasteiger partial charge >= 0.3 is 0 Å². The summed E-state index contributed by atoms with van der Waals surface area (Å²) in [6.45, 7) is 4.00. The lowest BCUT2D eigenvalue weighted by atomic mass is 10.6. The summed E-state index contributed by atoms with van der Waals surface area (Å²) in [6, 6.07) is 0. The second-order valence-electron chi connectivity index (χ2n) is 2.17. The Morgan fingerprint density at radius 1 is 1.62 bits per heavy atom. The van der Waals surface area contributed by atoms with Crippen molar-refractivity contribution in [3.8, 4) is 0 Å². The predicted octanol–water partition coefficient (Wildman–Crippen LogP) is 0.587. The van der Waals surface area contributed by atoms with Crippen molar-refractivity contribution < 1.29 is 4.79 Å². The Balaban J connectivity index is 0.000000671. The second kappa shape index (κ2) is 5.18. The van der Waals surface area contributed by atoms with Gasteiger partial charge in [-0.15, -0.1) is 0 Å². The Labute approximate surface area is 78.0 Å². The lowest BCUT2D eigenvalue weighted by Crippen LogP contribution is -2.16. The molecule has 0 atom stereocenters. The van der Waals surface area contributed by atoms with E-state index in [4.69, 9.17) is 5.73 Å². The number of carbonyl (C=O) groups is 1. The number of imidazole rings is 1. The first-order chi connectivity index (χ1) is 6.15. The van der Waals surface area contributed by atoms with Gasteiger partial charge in [0, 0.05) is 20.3 Å². The van der Waals surface area contributed by atoms with E-state index < -0.39 is 5.91 Å². The van der Waals surface area contributed by atoms with Crippen molar-refractivity contribution >= 4 is 11.7 Å². The molecule has 0 aliphatic heterocycles. The Kier molecular flexibility index (Phi) is 4.58. The average Bonchev–Trinajstić information content (AvgIpc) is 2.50. The maximum atomic E-state index is 10.7. The van der Waals surface area contributed by atoms with Crippen molar-refractivity contribution in [3.63, 3.8) is 0 Å². The Bertz CT molecular complexity index is 280. The maximum Gasteiger partial charge on any atom is 0.284 e. The summed E-state index contributed by atoms with van der Waals surface area (Å²) in [6.07, 6.45) is 1.69. The molecule has 0 bridgehead atoms. The Morgan fingerprint density at radius 3 is 2.38 bits per heavy atom. The van der Waals surface area contributed by atoms with E-state index in [9.17, 15) is 4.79 Å². The van der Waals surface area contributed by atoms with Crippen LogP contribution in [0.25, 0.3) is 0 Å². The minimum absolute atomic E-state index is 0.259. The summed E-state index contributed by atoms with van der Waals surface area (Å²) < 4.78 is 1.58. The number of nitrogens with zero attached hydrogens (tertiary/aromatic N) is 2. The third-order valence-electron chi connectivity index (χ3n) is 1.35. The number of nitrogens with one attached hydrogen (secondary N) is 1. The van der Waals surface area contributed by atoms with Crippen LogP contribution >= 0.6 is 0 Å². The number of aryl methyl sites for hydroxylation is 1. The standard InChI is InChI=1S/C6H10N4O.C2H6/c1-8-4-3-10(2)6(9-4)5(7)11;1-2/h3,8H,1-2H3,(H2,7,11);1-2H3. The molecule has 0 aliphatic rings. The maximum absolute atomic E-state index is 10.7. The van der Waals surface area contributed by atoms with Crippen LogP contribution in [-0.2, 0) is 7.05 Å². The number of rotatable bonds is 2. The van der Waals surface area contributed by atoms with Crippen LogP contribution in [0.2, 0.25) is 0 Å². The van der Waals surface area contributed by atoms with Gasteiger partial charge in [0.2, 0.25) is 5.82 Å². The molecule has 5 heteroatoms. The van der Waals surface area contributed by atoms with Crippen molar-refractivity contribution in [2.24, 2.45) is 12.8 Å². The van der Waals surface area contributed by atoms with Crippen LogP contribution in [0.3, 0.4) is 0 Å². The fourth-order valence-corrected chi connectivity index (χ4v) is 0.816. The van der Waals surface area contributed by atoms with Crippen LogP contribution < -0.4 is 11.1 Å². The summed E-state index contributed by atoms with van der Waals surface area (Å²) >= 11 is 0. The topological polar surface area (TPSA) is 72.9 Å². The van der Waals surface area contributed by atoms with Gasteiger partial charge in [0.15, 0.2) is 0 Å². The molecule has 0 saturated carbocycles. The van der Waals surface area contributed by atoms with Crippen molar-refractivity contribution in [3.05, 3.63) is 12.0 Å². The number of nitrogens with two attached hydrogens (primary N) is 1. The van der Waals surface area contributed by atoms with Gasteiger partial charge in [-0.05, 0) is 0 Å². The fraction of sp³-hybridized carbons (Fsp3) is 0.500. The Hall–Kier alpha value is -1.52. The number of anilines is 1. The summed E-state index contributed by atoms with van der Waals surface area (Å²) in [5.74, 6) is 0.379. The quantitative estimate of drug-likeness (QED) is 0.706. The first-order valence-electron chi connectivity index (χ1n) is 4.16. The molecule has 1 amide bonds. The molecule has 3 N–H and O–H groups in total. The van der Waals surface area contributed by atoms with Crippen LogP contribution in [0.4, 0.5) is 5.82 Å². The van der Waals surface area contributed by atoms with Gasteiger partial charge in [-0.1, -0.05) is 13.8 Å². The molecule has 0 radical (unpaired) electrons. The van der Waals surface area contributed by atoms with Crippen molar-refractivity contribution in [2.75, 3.05) is 12.4 Å². The summed E-state index contributed by atoms with van der Waals surface area (Å²) in [5, 5.41) is 2.80. The molecule has 0 fully saturated rings. The summed E-state index contributed by atoms with van der Waals surface area (Å²) in [5.41, 5.74) is 5.03. The molecule has 5 nitrogen and oxygen atoms in total. The molecule has 0 aromatic carbocycles. The van der Waals surface area contributed by atoms with E-state index in [-0.39, 0.29) is 5.82 Å². The molecule has 1 aromatic heterocycles. The van der Waals surface area contributed by atoms with E-state index in [1.807, 2.05) is 13.8 Å². The van der Waals surface area contributed by atoms with Crippen LogP contribution in [0, 0.1) is 0 Å². The molecule has 0 aliphatic carbocycles. The van der Waals surface area contributed by atoms with Crippen molar-refractivity contribution in [2.45, 2.75) is 13.8 Å². The third-order valence-corrected chi connectivity index (χ3v) is 1.35. The highest BCUT2D eigenvalue weighted by atomic mass is 16.1. The highest BCUT2D eigenvalue weighted by Crippen LogP contribution is 2.04. The van der Waals surface area contributed by atoms with Crippen molar-refractivity contribution in [1.29, 1.82) is 0 Å². The fourth-order valence-electron chi connectivity index (χ4n) is 0.816. The van der Waals surface area contributed by atoms with Crippen molar-refractivity contribution in [1.82, 2.24) is 9.55 Å². The first-order valence-corrected chi connectivity index (χ1v) is 4.16. The van der Waals surface area contributed by atoms with Gasteiger partial charge in [0.1, 0.15) is 5.82 Å². The molecule has 0 saturated heterocycles.